The zero-order valence-electron chi connectivity index (χ0n) is 12.6. The Morgan fingerprint density at radius 1 is 1.29 bits per heavy atom. The highest BCUT2D eigenvalue weighted by Gasteiger charge is 2.25. The summed E-state index contributed by atoms with van der Waals surface area (Å²) < 4.78 is 1.90. The van der Waals surface area contributed by atoms with Gasteiger partial charge in [-0.3, -0.25) is 4.79 Å². The molecule has 2 fully saturated rings. The van der Waals surface area contributed by atoms with Crippen molar-refractivity contribution in [1.29, 1.82) is 0 Å². The lowest BCUT2D eigenvalue weighted by atomic mass is 9.93. The monoisotopic (exact) mass is 291 g/mol. The summed E-state index contributed by atoms with van der Waals surface area (Å²) in [6, 6.07) is 0.295. The minimum atomic E-state index is 0.295. The van der Waals surface area contributed by atoms with Crippen LogP contribution in [0.4, 0.5) is 0 Å². The van der Waals surface area contributed by atoms with E-state index in [9.17, 15) is 4.79 Å². The highest BCUT2D eigenvalue weighted by molar-refractivity contribution is 5.76. The van der Waals surface area contributed by atoms with Crippen molar-refractivity contribution in [3.63, 3.8) is 0 Å². The lowest BCUT2D eigenvalue weighted by Crippen LogP contribution is -2.41. The smallest absolute Gasteiger partial charge is 0.222 e. The fourth-order valence-electron chi connectivity index (χ4n) is 3.46. The standard InChI is InChI=1S/C15H25N5O/c21-15(4-3-13-5-7-16-8-6-13)19-9-1-2-14(10-19)20-12-17-11-18-20/h11-14,16H,1-10H2. The average Bonchev–Trinajstić information content (AvgIpc) is 3.08. The van der Waals surface area contributed by atoms with Crippen molar-refractivity contribution in [3.05, 3.63) is 12.7 Å². The third-order valence-electron chi connectivity index (χ3n) is 4.79. The Morgan fingerprint density at radius 2 is 2.14 bits per heavy atom. The molecule has 3 heterocycles. The third kappa shape index (κ3) is 3.81. The number of amides is 1. The van der Waals surface area contributed by atoms with Crippen LogP contribution in [0.15, 0.2) is 12.7 Å². The van der Waals surface area contributed by atoms with Crippen LogP contribution in [0.2, 0.25) is 0 Å². The van der Waals surface area contributed by atoms with Gasteiger partial charge in [0.1, 0.15) is 12.7 Å². The normalized spacial score (nSPS) is 24.2. The van der Waals surface area contributed by atoms with Gasteiger partial charge in [0.05, 0.1) is 6.04 Å². The van der Waals surface area contributed by atoms with E-state index in [1.807, 2.05) is 9.58 Å². The number of carbonyl (C=O) groups is 1. The molecule has 0 aromatic carbocycles. The lowest BCUT2D eigenvalue weighted by molar-refractivity contribution is -0.133. The van der Waals surface area contributed by atoms with Gasteiger partial charge in [0.2, 0.25) is 5.91 Å². The van der Waals surface area contributed by atoms with Gasteiger partial charge in [-0.2, -0.15) is 5.10 Å². The average molecular weight is 291 g/mol. The van der Waals surface area contributed by atoms with Crippen LogP contribution in [0, 0.1) is 5.92 Å². The van der Waals surface area contributed by atoms with E-state index in [1.165, 1.54) is 12.8 Å². The molecule has 2 saturated heterocycles. The minimum Gasteiger partial charge on any atom is -0.341 e. The van der Waals surface area contributed by atoms with E-state index in [4.69, 9.17) is 0 Å². The first-order valence-corrected chi connectivity index (χ1v) is 8.15. The molecule has 6 heteroatoms. The predicted octanol–water partition coefficient (Wildman–Crippen LogP) is 1.22. The van der Waals surface area contributed by atoms with Gasteiger partial charge in [-0.15, -0.1) is 0 Å². The summed E-state index contributed by atoms with van der Waals surface area (Å²) in [4.78, 5) is 18.5. The summed E-state index contributed by atoms with van der Waals surface area (Å²) in [6.07, 6.45) is 9.65. The Bertz CT molecular complexity index is 441. The molecule has 1 aromatic rings. The molecule has 0 radical (unpaired) electrons. The van der Waals surface area contributed by atoms with Crippen LogP contribution in [-0.4, -0.2) is 51.8 Å². The lowest BCUT2D eigenvalue weighted by Gasteiger charge is -2.33. The SMILES string of the molecule is O=C(CCC1CCNCC1)N1CCCC(n2cncn2)C1. The number of hydrogen-bond donors (Lipinski definition) is 1. The Labute approximate surface area is 125 Å². The van der Waals surface area contributed by atoms with Crippen molar-refractivity contribution in [2.24, 2.45) is 5.92 Å². The fourth-order valence-corrected chi connectivity index (χ4v) is 3.46. The molecule has 0 saturated carbocycles. The first kappa shape index (κ1) is 14.5. The molecule has 1 aromatic heterocycles. The van der Waals surface area contributed by atoms with Crippen LogP contribution >= 0.6 is 0 Å². The van der Waals surface area contributed by atoms with Crippen LogP contribution in [0.25, 0.3) is 0 Å². The topological polar surface area (TPSA) is 63.1 Å². The molecule has 1 amide bonds. The van der Waals surface area contributed by atoms with Crippen molar-refractivity contribution in [3.8, 4) is 0 Å². The Hall–Kier alpha value is -1.43. The number of hydrogen-bond acceptors (Lipinski definition) is 4. The number of rotatable bonds is 4. The second-order valence-corrected chi connectivity index (χ2v) is 6.24. The maximum Gasteiger partial charge on any atom is 0.222 e. The second kappa shape index (κ2) is 7.02. The van der Waals surface area contributed by atoms with Gasteiger partial charge >= 0.3 is 0 Å². The molecule has 2 aliphatic rings. The molecule has 0 spiro atoms. The number of aromatic nitrogens is 3. The molecule has 21 heavy (non-hydrogen) atoms. The molecule has 1 atom stereocenters. The number of likely N-dealkylation sites (tertiary alicyclic amines) is 1. The summed E-state index contributed by atoms with van der Waals surface area (Å²) >= 11 is 0. The fraction of sp³-hybridized carbons (Fsp3) is 0.800. The summed E-state index contributed by atoms with van der Waals surface area (Å²) in [5.41, 5.74) is 0. The van der Waals surface area contributed by atoms with Crippen molar-refractivity contribution < 1.29 is 4.79 Å². The van der Waals surface area contributed by atoms with Crippen LogP contribution < -0.4 is 5.32 Å². The van der Waals surface area contributed by atoms with E-state index in [1.54, 1.807) is 12.7 Å². The molecule has 3 rings (SSSR count). The molecule has 1 unspecified atom stereocenters. The summed E-state index contributed by atoms with van der Waals surface area (Å²) in [6.45, 7) is 3.90. The first-order valence-electron chi connectivity index (χ1n) is 8.15. The van der Waals surface area contributed by atoms with Crippen molar-refractivity contribution in [2.75, 3.05) is 26.2 Å². The number of nitrogens with zero attached hydrogens (tertiary/aromatic N) is 4. The van der Waals surface area contributed by atoms with Crippen molar-refractivity contribution >= 4 is 5.91 Å². The van der Waals surface area contributed by atoms with Crippen LogP contribution in [-0.2, 0) is 4.79 Å². The Kier molecular flexibility index (Phi) is 4.85. The molecule has 116 valence electrons. The summed E-state index contributed by atoms with van der Waals surface area (Å²) in [5, 5.41) is 7.59. The van der Waals surface area contributed by atoms with Gasteiger partial charge in [-0.05, 0) is 51.1 Å². The second-order valence-electron chi connectivity index (χ2n) is 6.24. The van der Waals surface area contributed by atoms with Gasteiger partial charge < -0.3 is 10.2 Å². The van der Waals surface area contributed by atoms with E-state index in [0.29, 0.717) is 18.4 Å². The molecule has 0 bridgehead atoms. The zero-order valence-corrected chi connectivity index (χ0v) is 12.6. The van der Waals surface area contributed by atoms with Crippen LogP contribution in [0.3, 0.4) is 0 Å². The Morgan fingerprint density at radius 3 is 2.90 bits per heavy atom. The van der Waals surface area contributed by atoms with Crippen molar-refractivity contribution in [2.45, 2.75) is 44.6 Å². The largest absolute Gasteiger partial charge is 0.341 e. The van der Waals surface area contributed by atoms with Gasteiger partial charge in [0.15, 0.2) is 0 Å². The van der Waals surface area contributed by atoms with Gasteiger partial charge in [0, 0.05) is 19.5 Å². The van der Waals surface area contributed by atoms with E-state index < -0.39 is 0 Å². The first-order chi connectivity index (χ1) is 10.3. The highest BCUT2D eigenvalue weighted by atomic mass is 16.2. The molecule has 1 N–H and O–H groups in total. The predicted molar refractivity (Wildman–Crippen MR) is 79.7 cm³/mol. The van der Waals surface area contributed by atoms with Crippen LogP contribution in [0.5, 0.6) is 0 Å². The number of carbonyl (C=O) groups excluding carboxylic acids is 1. The molecule has 0 aliphatic carbocycles. The molecular weight excluding hydrogens is 266 g/mol. The maximum atomic E-state index is 12.4. The highest BCUT2D eigenvalue weighted by Crippen LogP contribution is 2.23. The molecular formula is C15H25N5O. The Balaban J connectivity index is 1.47. The third-order valence-corrected chi connectivity index (χ3v) is 4.79. The summed E-state index contributed by atoms with van der Waals surface area (Å²) in [5.74, 6) is 1.05. The zero-order chi connectivity index (χ0) is 14.5. The number of nitrogens with one attached hydrogen (secondary N) is 1. The number of piperidine rings is 2. The van der Waals surface area contributed by atoms with Crippen LogP contribution in [0.1, 0.15) is 44.6 Å². The molecule has 2 aliphatic heterocycles. The van der Waals surface area contributed by atoms with E-state index in [0.717, 1.165) is 51.4 Å². The summed E-state index contributed by atoms with van der Waals surface area (Å²) in [7, 11) is 0. The van der Waals surface area contributed by atoms with E-state index in [-0.39, 0.29) is 0 Å². The van der Waals surface area contributed by atoms with Gasteiger partial charge in [-0.1, -0.05) is 0 Å². The minimum absolute atomic E-state index is 0.295. The van der Waals surface area contributed by atoms with E-state index >= 15 is 0 Å². The van der Waals surface area contributed by atoms with E-state index in [2.05, 4.69) is 15.4 Å². The quantitative estimate of drug-likeness (QED) is 0.906. The maximum absolute atomic E-state index is 12.4. The van der Waals surface area contributed by atoms with Crippen molar-refractivity contribution in [1.82, 2.24) is 25.0 Å². The van der Waals surface area contributed by atoms with Gasteiger partial charge in [-0.25, -0.2) is 9.67 Å². The molecule has 6 nitrogen and oxygen atoms in total. The van der Waals surface area contributed by atoms with Gasteiger partial charge in [0.25, 0.3) is 0 Å².